The van der Waals surface area contributed by atoms with E-state index in [4.69, 9.17) is 15.0 Å². The lowest BCUT2D eigenvalue weighted by atomic mass is 9.93. The molecule has 0 saturated heterocycles. The fourth-order valence-corrected chi connectivity index (χ4v) is 2.73. The molecule has 0 aliphatic heterocycles. The topological polar surface area (TPSA) is 81.3 Å². The van der Waals surface area contributed by atoms with E-state index in [1.807, 2.05) is 0 Å². The van der Waals surface area contributed by atoms with Crippen LogP contribution in [0.3, 0.4) is 0 Å². The first-order valence-electron chi connectivity index (χ1n) is 5.73. The van der Waals surface area contributed by atoms with Gasteiger partial charge in [-0.1, -0.05) is 18.2 Å². The molecule has 0 radical (unpaired) electrons. The van der Waals surface area contributed by atoms with Crippen LogP contribution in [-0.4, -0.2) is 9.79 Å². The average Bonchev–Trinajstić information content (AvgIpc) is 2.32. The number of allylic oxidation sites excluding steroid dienone is 2. The second-order valence-corrected chi connectivity index (χ2v) is 5.80. The molecule has 0 aliphatic rings. The number of benzene rings is 1. The highest BCUT2D eigenvalue weighted by molar-refractivity contribution is 7.50. The molecule has 19 heavy (non-hydrogen) atoms. The molecule has 0 unspecified atom stereocenters. The molecule has 0 atom stereocenters. The molecular weight excluding hydrogens is 261 g/mol. The van der Waals surface area contributed by atoms with Gasteiger partial charge in [0.15, 0.2) is 0 Å². The Morgan fingerprint density at radius 1 is 1.21 bits per heavy atom. The first kappa shape index (κ1) is 15.4. The van der Waals surface area contributed by atoms with Gasteiger partial charge in [0.2, 0.25) is 0 Å². The summed E-state index contributed by atoms with van der Waals surface area (Å²) in [5, 5.41) is 9.10. The summed E-state index contributed by atoms with van der Waals surface area (Å²) in [5.41, 5.74) is 2.59. The Kier molecular flexibility index (Phi) is 5.26. The van der Waals surface area contributed by atoms with Gasteiger partial charge in [-0.25, -0.2) is 0 Å². The van der Waals surface area contributed by atoms with Crippen molar-refractivity contribution in [1.82, 2.24) is 0 Å². The third-order valence-corrected chi connectivity index (χ3v) is 3.47. The molecular formula is C14H16NO3P. The molecule has 4 nitrogen and oxygen atoms in total. The predicted molar refractivity (Wildman–Crippen MR) is 74.7 cm³/mol. The summed E-state index contributed by atoms with van der Waals surface area (Å²) in [5.74, 6) is 0. The molecule has 0 saturated carbocycles. The molecule has 0 fully saturated rings. The second kappa shape index (κ2) is 6.49. The van der Waals surface area contributed by atoms with Gasteiger partial charge in [-0.3, -0.25) is 4.57 Å². The zero-order chi connectivity index (χ0) is 14.5. The van der Waals surface area contributed by atoms with E-state index in [1.165, 1.54) is 0 Å². The van der Waals surface area contributed by atoms with Crippen LogP contribution in [0.2, 0.25) is 0 Å². The molecule has 0 heterocycles. The summed E-state index contributed by atoms with van der Waals surface area (Å²) in [7, 11) is -4.14. The van der Waals surface area contributed by atoms with Crippen LogP contribution < -0.4 is 0 Å². The Morgan fingerprint density at radius 3 is 2.26 bits per heavy atom. The van der Waals surface area contributed by atoms with Crippen molar-refractivity contribution >= 4 is 7.60 Å². The van der Waals surface area contributed by atoms with Crippen LogP contribution in [0.25, 0.3) is 0 Å². The van der Waals surface area contributed by atoms with Crippen LogP contribution in [0.4, 0.5) is 0 Å². The first-order chi connectivity index (χ1) is 8.92. The summed E-state index contributed by atoms with van der Waals surface area (Å²) >= 11 is 0. The van der Waals surface area contributed by atoms with E-state index < -0.39 is 7.60 Å². The SMILES string of the molecule is C=CCc1c(C#N)ccc(CP(=O)(O)O)c1CC=C. The molecule has 0 aromatic heterocycles. The summed E-state index contributed by atoms with van der Waals surface area (Å²) in [6.45, 7) is 7.30. The highest BCUT2D eigenvalue weighted by atomic mass is 31.2. The lowest BCUT2D eigenvalue weighted by Gasteiger charge is -2.15. The quantitative estimate of drug-likeness (QED) is 0.618. The van der Waals surface area contributed by atoms with E-state index in [-0.39, 0.29) is 6.16 Å². The van der Waals surface area contributed by atoms with Crippen LogP contribution in [0.5, 0.6) is 0 Å². The monoisotopic (exact) mass is 277 g/mol. The van der Waals surface area contributed by atoms with E-state index in [9.17, 15) is 4.57 Å². The molecule has 1 rings (SSSR count). The van der Waals surface area contributed by atoms with Gasteiger partial charge in [0.25, 0.3) is 0 Å². The zero-order valence-electron chi connectivity index (χ0n) is 10.5. The summed E-state index contributed by atoms with van der Waals surface area (Å²) in [6.07, 6.45) is 3.96. The van der Waals surface area contributed by atoms with Crippen molar-refractivity contribution < 1.29 is 14.4 Å². The predicted octanol–water partition coefficient (Wildman–Crippen LogP) is 2.69. The van der Waals surface area contributed by atoms with Crippen LogP contribution in [0, 0.1) is 11.3 Å². The van der Waals surface area contributed by atoms with Crippen molar-refractivity contribution in [1.29, 1.82) is 5.26 Å². The smallest absolute Gasteiger partial charge is 0.324 e. The number of nitriles is 1. The fraction of sp³-hybridized carbons (Fsp3) is 0.214. The minimum absolute atomic E-state index is 0.327. The van der Waals surface area contributed by atoms with E-state index in [0.717, 1.165) is 11.1 Å². The third kappa shape index (κ3) is 4.18. The van der Waals surface area contributed by atoms with Gasteiger partial charge in [-0.15, -0.1) is 13.2 Å². The Labute approximate surface area is 112 Å². The van der Waals surface area contributed by atoms with Crippen LogP contribution in [0.15, 0.2) is 37.4 Å². The molecule has 5 heteroatoms. The van der Waals surface area contributed by atoms with Gasteiger partial charge < -0.3 is 9.79 Å². The maximum Gasteiger partial charge on any atom is 0.329 e. The van der Waals surface area contributed by atoms with Crippen molar-refractivity contribution in [3.05, 3.63) is 59.7 Å². The average molecular weight is 277 g/mol. The van der Waals surface area contributed by atoms with Crippen molar-refractivity contribution in [2.45, 2.75) is 19.0 Å². The Bertz CT molecular complexity index is 581. The normalized spacial score (nSPS) is 10.8. The van der Waals surface area contributed by atoms with Crippen molar-refractivity contribution in [3.8, 4) is 6.07 Å². The lowest BCUT2D eigenvalue weighted by molar-refractivity contribution is 0.371. The highest BCUT2D eigenvalue weighted by Gasteiger charge is 2.19. The van der Waals surface area contributed by atoms with Crippen LogP contribution in [-0.2, 0) is 23.6 Å². The van der Waals surface area contributed by atoms with Gasteiger partial charge in [0.1, 0.15) is 0 Å². The van der Waals surface area contributed by atoms with E-state index >= 15 is 0 Å². The minimum Gasteiger partial charge on any atom is -0.324 e. The molecule has 1 aromatic carbocycles. The molecule has 0 bridgehead atoms. The fourth-order valence-electron chi connectivity index (χ4n) is 1.99. The number of hydrogen-bond donors (Lipinski definition) is 2. The maximum absolute atomic E-state index is 11.2. The van der Waals surface area contributed by atoms with E-state index in [2.05, 4.69) is 19.2 Å². The number of rotatable bonds is 6. The minimum atomic E-state index is -4.14. The van der Waals surface area contributed by atoms with Gasteiger partial charge >= 0.3 is 7.60 Å². The summed E-state index contributed by atoms with van der Waals surface area (Å²) < 4.78 is 11.2. The molecule has 0 spiro atoms. The van der Waals surface area contributed by atoms with Gasteiger partial charge in [-0.2, -0.15) is 5.26 Å². The second-order valence-electron chi connectivity index (χ2n) is 4.15. The van der Waals surface area contributed by atoms with Crippen molar-refractivity contribution in [2.75, 3.05) is 0 Å². The van der Waals surface area contributed by atoms with E-state index in [1.54, 1.807) is 24.3 Å². The van der Waals surface area contributed by atoms with Crippen LogP contribution >= 0.6 is 7.60 Å². The Hall–Kier alpha value is -1.66. The van der Waals surface area contributed by atoms with Crippen molar-refractivity contribution in [2.24, 2.45) is 0 Å². The van der Waals surface area contributed by atoms with Crippen molar-refractivity contribution in [3.63, 3.8) is 0 Å². The Morgan fingerprint density at radius 2 is 1.79 bits per heavy atom. The summed E-state index contributed by atoms with van der Waals surface area (Å²) in [4.78, 5) is 18.2. The van der Waals surface area contributed by atoms with Gasteiger partial charge in [-0.05, 0) is 35.6 Å². The van der Waals surface area contributed by atoms with Gasteiger partial charge in [0, 0.05) is 0 Å². The molecule has 0 amide bonds. The lowest BCUT2D eigenvalue weighted by Crippen LogP contribution is -2.02. The summed E-state index contributed by atoms with van der Waals surface area (Å²) in [6, 6.07) is 5.29. The standard InChI is InChI=1S/C14H16NO3P/c1-3-5-13-11(9-15)7-8-12(10-19(16,17)18)14(13)6-4-2/h3-4,7-8H,1-2,5-6,10H2,(H2,16,17,18). The maximum atomic E-state index is 11.2. The largest absolute Gasteiger partial charge is 0.329 e. The number of nitrogens with zero attached hydrogens (tertiary/aromatic N) is 1. The first-order valence-corrected chi connectivity index (χ1v) is 7.52. The zero-order valence-corrected chi connectivity index (χ0v) is 11.4. The Balaban J connectivity index is 3.43. The molecule has 100 valence electrons. The molecule has 2 N–H and O–H groups in total. The van der Waals surface area contributed by atoms with Gasteiger partial charge in [0.05, 0.1) is 17.8 Å². The van der Waals surface area contributed by atoms with Crippen LogP contribution in [0.1, 0.15) is 22.3 Å². The number of hydrogen-bond acceptors (Lipinski definition) is 2. The molecule has 0 aliphatic carbocycles. The van der Waals surface area contributed by atoms with E-state index in [0.29, 0.717) is 24.0 Å². The molecule has 1 aromatic rings. The third-order valence-electron chi connectivity index (χ3n) is 2.72. The highest BCUT2D eigenvalue weighted by Crippen LogP contribution is 2.40.